The zero-order chi connectivity index (χ0) is 9.84. The molecule has 4 nitrogen and oxygen atoms in total. The molecule has 0 atom stereocenters. The van der Waals surface area contributed by atoms with Crippen molar-refractivity contribution in [2.75, 3.05) is 6.07 Å². The van der Waals surface area contributed by atoms with Crippen LogP contribution in [-0.4, -0.2) is 11.0 Å². The van der Waals surface area contributed by atoms with Gasteiger partial charge < -0.3 is 4.74 Å². The third kappa shape index (κ3) is 2.47. The van der Waals surface area contributed by atoms with Crippen LogP contribution in [-0.2, 0) is 0 Å². The Labute approximate surface area is 84.2 Å². The summed E-state index contributed by atoms with van der Waals surface area (Å²) < 4.78 is 4.82. The number of nitro groups is 1. The van der Waals surface area contributed by atoms with Gasteiger partial charge in [0, 0.05) is 17.2 Å². The summed E-state index contributed by atoms with van der Waals surface area (Å²) in [6, 6.07) is 3.88. The van der Waals surface area contributed by atoms with Gasteiger partial charge in [0.2, 0.25) is 0 Å². The number of hydrogen-bond acceptors (Lipinski definition) is 3. The molecule has 0 bridgehead atoms. The highest BCUT2D eigenvalue weighted by Crippen LogP contribution is 2.29. The molecule has 0 spiro atoms. The molecular weight excluding hydrogens is 217 g/mol. The molecule has 1 aromatic carbocycles. The molecule has 0 aliphatic heterocycles. The van der Waals surface area contributed by atoms with Gasteiger partial charge in [0.05, 0.1) is 4.92 Å². The van der Waals surface area contributed by atoms with E-state index < -0.39 is 4.92 Å². The Morgan fingerprint density at radius 3 is 2.77 bits per heavy atom. The molecule has 1 rings (SSSR count). The standard InChI is InChI=1S/C7H5Cl2NO3/c8-4-13-7-3-5(9)1-2-6(7)10(11)12/h1-3H,4H2. The van der Waals surface area contributed by atoms with E-state index in [2.05, 4.69) is 0 Å². The summed E-state index contributed by atoms with van der Waals surface area (Å²) in [5, 5.41) is 10.8. The quantitative estimate of drug-likeness (QED) is 0.448. The Kier molecular flexibility index (Phi) is 3.33. The summed E-state index contributed by atoms with van der Waals surface area (Å²) in [5.41, 5.74) is -0.148. The third-order valence-electron chi connectivity index (χ3n) is 1.33. The zero-order valence-electron chi connectivity index (χ0n) is 6.37. The normalized spacial score (nSPS) is 9.69. The van der Waals surface area contributed by atoms with Crippen LogP contribution in [0.3, 0.4) is 0 Å². The lowest BCUT2D eigenvalue weighted by atomic mass is 10.3. The van der Waals surface area contributed by atoms with Crippen molar-refractivity contribution in [1.82, 2.24) is 0 Å². The molecular formula is C7H5Cl2NO3. The molecule has 0 amide bonds. The molecule has 6 heteroatoms. The van der Waals surface area contributed by atoms with E-state index in [4.69, 9.17) is 27.9 Å². The smallest absolute Gasteiger partial charge is 0.311 e. The molecule has 0 heterocycles. The Balaban J connectivity index is 3.10. The molecule has 0 unspecified atom stereocenters. The Morgan fingerprint density at radius 2 is 2.23 bits per heavy atom. The van der Waals surface area contributed by atoms with E-state index in [0.717, 1.165) is 0 Å². The van der Waals surface area contributed by atoms with Crippen molar-refractivity contribution in [3.63, 3.8) is 0 Å². The second-order valence-electron chi connectivity index (χ2n) is 2.12. The fourth-order valence-corrected chi connectivity index (χ4v) is 1.09. The van der Waals surface area contributed by atoms with Gasteiger partial charge >= 0.3 is 5.69 Å². The van der Waals surface area contributed by atoms with Gasteiger partial charge in [-0.3, -0.25) is 10.1 Å². The monoisotopic (exact) mass is 221 g/mol. The van der Waals surface area contributed by atoms with Crippen molar-refractivity contribution in [3.05, 3.63) is 33.3 Å². The van der Waals surface area contributed by atoms with E-state index in [-0.39, 0.29) is 17.5 Å². The van der Waals surface area contributed by atoms with Crippen LogP contribution in [0.1, 0.15) is 0 Å². The zero-order valence-corrected chi connectivity index (χ0v) is 7.88. The van der Waals surface area contributed by atoms with Gasteiger partial charge in [0.25, 0.3) is 0 Å². The summed E-state index contributed by atoms with van der Waals surface area (Å²) in [6.07, 6.45) is 0. The molecule has 70 valence electrons. The number of alkyl halides is 1. The second-order valence-corrected chi connectivity index (χ2v) is 2.78. The fraction of sp³-hybridized carbons (Fsp3) is 0.143. The molecule has 0 saturated heterocycles. The first kappa shape index (κ1) is 10.1. The first-order valence-corrected chi connectivity index (χ1v) is 4.19. The van der Waals surface area contributed by atoms with Gasteiger partial charge in [-0.25, -0.2) is 0 Å². The predicted molar refractivity (Wildman–Crippen MR) is 49.5 cm³/mol. The number of halogens is 2. The van der Waals surface area contributed by atoms with Crippen LogP contribution in [0.5, 0.6) is 5.75 Å². The molecule has 0 radical (unpaired) electrons. The molecule has 0 saturated carbocycles. The average Bonchev–Trinajstić information content (AvgIpc) is 2.04. The molecule has 0 aliphatic rings. The summed E-state index contributed by atoms with van der Waals surface area (Å²) in [5.74, 6) is 0.0764. The first-order valence-electron chi connectivity index (χ1n) is 3.28. The van der Waals surface area contributed by atoms with Gasteiger partial charge in [0.15, 0.2) is 11.8 Å². The minimum absolute atomic E-state index is 0.0764. The van der Waals surface area contributed by atoms with Crippen molar-refractivity contribution in [2.24, 2.45) is 0 Å². The predicted octanol–water partition coefficient (Wildman–Crippen LogP) is 2.82. The van der Waals surface area contributed by atoms with E-state index in [1.807, 2.05) is 0 Å². The summed E-state index contributed by atoms with van der Waals surface area (Å²) >= 11 is 10.9. The lowest BCUT2D eigenvalue weighted by molar-refractivity contribution is -0.385. The summed E-state index contributed by atoms with van der Waals surface area (Å²) in [4.78, 5) is 9.89. The van der Waals surface area contributed by atoms with Crippen molar-refractivity contribution >= 4 is 28.9 Å². The number of benzene rings is 1. The van der Waals surface area contributed by atoms with Crippen LogP contribution >= 0.6 is 23.2 Å². The number of ether oxygens (including phenoxy) is 1. The lowest BCUT2D eigenvalue weighted by Crippen LogP contribution is -1.95. The number of hydrogen-bond donors (Lipinski definition) is 0. The number of nitro benzene ring substituents is 1. The Bertz CT molecular complexity index is 330. The van der Waals surface area contributed by atoms with Crippen LogP contribution in [0.25, 0.3) is 0 Å². The van der Waals surface area contributed by atoms with E-state index in [1.165, 1.54) is 18.2 Å². The van der Waals surface area contributed by atoms with E-state index in [1.54, 1.807) is 0 Å². The van der Waals surface area contributed by atoms with Gasteiger partial charge in [-0.2, -0.15) is 0 Å². The molecule has 0 fully saturated rings. The highest BCUT2D eigenvalue weighted by atomic mass is 35.5. The van der Waals surface area contributed by atoms with Crippen molar-refractivity contribution in [2.45, 2.75) is 0 Å². The van der Waals surface area contributed by atoms with Crippen LogP contribution in [0, 0.1) is 10.1 Å². The van der Waals surface area contributed by atoms with Crippen molar-refractivity contribution < 1.29 is 9.66 Å². The summed E-state index contributed by atoms with van der Waals surface area (Å²) in [6.45, 7) is 0. The van der Waals surface area contributed by atoms with Crippen LogP contribution in [0.2, 0.25) is 5.02 Å². The van der Waals surface area contributed by atoms with Crippen molar-refractivity contribution in [3.8, 4) is 5.75 Å². The number of rotatable bonds is 3. The fourth-order valence-electron chi connectivity index (χ4n) is 0.813. The first-order chi connectivity index (χ1) is 6.15. The van der Waals surface area contributed by atoms with Crippen LogP contribution in [0.15, 0.2) is 18.2 Å². The van der Waals surface area contributed by atoms with Gasteiger partial charge in [-0.05, 0) is 6.07 Å². The minimum Gasteiger partial charge on any atom is -0.471 e. The lowest BCUT2D eigenvalue weighted by Gasteiger charge is -2.02. The SMILES string of the molecule is O=[N+]([O-])c1ccc(Cl)cc1OCCl. The third-order valence-corrected chi connectivity index (χ3v) is 1.67. The molecule has 1 aromatic rings. The van der Waals surface area contributed by atoms with Gasteiger partial charge in [0.1, 0.15) is 0 Å². The second kappa shape index (κ2) is 4.30. The minimum atomic E-state index is -0.557. The van der Waals surface area contributed by atoms with Gasteiger partial charge in [-0.1, -0.05) is 23.2 Å². The van der Waals surface area contributed by atoms with E-state index in [0.29, 0.717) is 5.02 Å². The largest absolute Gasteiger partial charge is 0.471 e. The summed E-state index contributed by atoms with van der Waals surface area (Å²) in [7, 11) is 0. The van der Waals surface area contributed by atoms with E-state index in [9.17, 15) is 10.1 Å². The Hall–Kier alpha value is -1.00. The maximum Gasteiger partial charge on any atom is 0.311 e. The topological polar surface area (TPSA) is 52.4 Å². The van der Waals surface area contributed by atoms with Gasteiger partial charge in [-0.15, -0.1) is 0 Å². The number of nitrogens with zero attached hydrogens (tertiary/aromatic N) is 1. The maximum atomic E-state index is 10.4. The highest BCUT2D eigenvalue weighted by Gasteiger charge is 2.14. The van der Waals surface area contributed by atoms with Crippen molar-refractivity contribution in [1.29, 1.82) is 0 Å². The van der Waals surface area contributed by atoms with Crippen LogP contribution in [0.4, 0.5) is 5.69 Å². The Morgan fingerprint density at radius 1 is 1.54 bits per heavy atom. The molecule has 0 aromatic heterocycles. The van der Waals surface area contributed by atoms with Crippen LogP contribution < -0.4 is 4.74 Å². The maximum absolute atomic E-state index is 10.4. The van der Waals surface area contributed by atoms with E-state index >= 15 is 0 Å². The molecule has 0 N–H and O–H groups in total. The molecule has 13 heavy (non-hydrogen) atoms. The molecule has 0 aliphatic carbocycles. The highest BCUT2D eigenvalue weighted by molar-refractivity contribution is 6.30. The average molecular weight is 222 g/mol.